The number of benzene rings is 1. The molecular weight excluding hydrogens is 288 g/mol. The second-order valence-corrected chi connectivity index (χ2v) is 6.45. The van der Waals surface area contributed by atoms with Crippen molar-refractivity contribution in [3.05, 3.63) is 28.8 Å². The summed E-state index contributed by atoms with van der Waals surface area (Å²) in [5.74, 6) is 0. The molecule has 0 heterocycles. The highest BCUT2D eigenvalue weighted by atomic mass is 35.5. The number of halogens is 1. The number of hydrogen-bond donors (Lipinski definition) is 2. The van der Waals surface area contributed by atoms with E-state index in [9.17, 15) is 13.5 Å². The fraction of sp³-hybridized carbons (Fsp3) is 0.417. The Hall–Kier alpha value is -1.13. The summed E-state index contributed by atoms with van der Waals surface area (Å²) < 4.78 is 26.7. The maximum atomic E-state index is 12.1. The largest absolute Gasteiger partial charge is 0.393 e. The van der Waals surface area contributed by atoms with Gasteiger partial charge in [-0.3, -0.25) is 0 Å². The standard InChI is InChI=1S/C12H15ClN2O3S/c1-8(5-9(2)16)15-19(17,18)12-6-10(7-14)3-4-11(12)13/h3-4,6,8-9,15-16H,5H2,1-2H3. The predicted octanol–water partition coefficient (Wildman–Crippen LogP) is 1.65. The van der Waals surface area contributed by atoms with Crippen molar-refractivity contribution in [2.45, 2.75) is 37.3 Å². The van der Waals surface area contributed by atoms with Gasteiger partial charge in [0.05, 0.1) is 22.8 Å². The number of hydrogen-bond acceptors (Lipinski definition) is 4. The highest BCUT2D eigenvalue weighted by molar-refractivity contribution is 7.89. The van der Waals surface area contributed by atoms with Crippen LogP contribution in [-0.2, 0) is 10.0 Å². The van der Waals surface area contributed by atoms with Crippen molar-refractivity contribution in [2.75, 3.05) is 0 Å². The molecule has 2 N–H and O–H groups in total. The van der Waals surface area contributed by atoms with Gasteiger partial charge in [0.2, 0.25) is 10.0 Å². The molecule has 0 aliphatic rings. The molecule has 1 rings (SSSR count). The van der Waals surface area contributed by atoms with Gasteiger partial charge in [-0.25, -0.2) is 13.1 Å². The Morgan fingerprint density at radius 2 is 2.11 bits per heavy atom. The summed E-state index contributed by atoms with van der Waals surface area (Å²) in [5.41, 5.74) is 0.216. The van der Waals surface area contributed by atoms with Crippen molar-refractivity contribution in [3.8, 4) is 6.07 Å². The molecule has 0 amide bonds. The second-order valence-electron chi connectivity index (χ2n) is 4.36. The third-order valence-electron chi connectivity index (χ3n) is 2.40. The van der Waals surface area contributed by atoms with Crippen LogP contribution >= 0.6 is 11.6 Å². The number of sulfonamides is 1. The molecule has 0 fully saturated rings. The summed E-state index contributed by atoms with van der Waals surface area (Å²) in [5, 5.41) is 18.1. The van der Waals surface area contributed by atoms with Crippen molar-refractivity contribution >= 4 is 21.6 Å². The normalized spacial score (nSPS) is 14.7. The SMILES string of the molecule is CC(O)CC(C)NS(=O)(=O)c1cc(C#N)ccc1Cl. The summed E-state index contributed by atoms with van der Waals surface area (Å²) in [6.45, 7) is 3.22. The summed E-state index contributed by atoms with van der Waals surface area (Å²) in [6.07, 6.45) is -0.326. The van der Waals surface area contributed by atoms with Crippen LogP contribution in [0, 0.1) is 11.3 Å². The highest BCUT2D eigenvalue weighted by Gasteiger charge is 2.21. The molecule has 7 heteroatoms. The fourth-order valence-electron chi connectivity index (χ4n) is 1.67. The van der Waals surface area contributed by atoms with E-state index in [0.29, 0.717) is 0 Å². The molecule has 2 unspecified atom stereocenters. The van der Waals surface area contributed by atoms with E-state index in [4.69, 9.17) is 16.9 Å². The molecule has 0 aromatic heterocycles. The van der Waals surface area contributed by atoms with Gasteiger partial charge in [-0.05, 0) is 38.5 Å². The van der Waals surface area contributed by atoms with Gasteiger partial charge in [-0.1, -0.05) is 11.6 Å². The first-order valence-electron chi connectivity index (χ1n) is 5.66. The first-order chi connectivity index (χ1) is 8.76. The van der Waals surface area contributed by atoms with E-state index in [1.54, 1.807) is 13.8 Å². The maximum absolute atomic E-state index is 12.1. The Kier molecular flexibility index (Phi) is 5.32. The Bertz CT molecular complexity index is 593. The van der Waals surface area contributed by atoms with E-state index in [0.717, 1.165) is 0 Å². The number of aliphatic hydroxyl groups is 1. The lowest BCUT2D eigenvalue weighted by Crippen LogP contribution is -2.34. The van der Waals surface area contributed by atoms with E-state index in [1.807, 2.05) is 6.07 Å². The van der Waals surface area contributed by atoms with Crippen LogP contribution in [0.5, 0.6) is 0 Å². The molecule has 0 aliphatic carbocycles. The zero-order valence-corrected chi connectivity index (χ0v) is 12.2. The molecular formula is C12H15ClN2O3S. The van der Waals surface area contributed by atoms with E-state index in [1.165, 1.54) is 18.2 Å². The molecule has 2 atom stereocenters. The van der Waals surface area contributed by atoms with E-state index < -0.39 is 22.2 Å². The lowest BCUT2D eigenvalue weighted by atomic mass is 10.2. The van der Waals surface area contributed by atoms with Crippen LogP contribution in [0.1, 0.15) is 25.8 Å². The van der Waals surface area contributed by atoms with E-state index in [2.05, 4.69) is 4.72 Å². The second kappa shape index (κ2) is 6.35. The van der Waals surface area contributed by atoms with Crippen LogP contribution in [0.25, 0.3) is 0 Å². The molecule has 1 aromatic carbocycles. The predicted molar refractivity (Wildman–Crippen MR) is 72.2 cm³/mol. The number of nitrogens with one attached hydrogen (secondary N) is 1. The minimum absolute atomic E-state index is 0.0516. The Morgan fingerprint density at radius 1 is 1.47 bits per heavy atom. The molecule has 0 spiro atoms. The van der Waals surface area contributed by atoms with Crippen LogP contribution in [0.3, 0.4) is 0 Å². The minimum atomic E-state index is -3.81. The average molecular weight is 303 g/mol. The van der Waals surface area contributed by atoms with Gasteiger partial charge in [0.1, 0.15) is 4.90 Å². The van der Waals surface area contributed by atoms with Crippen LogP contribution in [-0.4, -0.2) is 25.7 Å². The number of nitriles is 1. The van der Waals surface area contributed by atoms with Crippen LogP contribution < -0.4 is 4.72 Å². The smallest absolute Gasteiger partial charge is 0.242 e. The van der Waals surface area contributed by atoms with Crippen LogP contribution in [0.4, 0.5) is 0 Å². The van der Waals surface area contributed by atoms with Gasteiger partial charge in [-0.15, -0.1) is 0 Å². The van der Waals surface area contributed by atoms with Crippen molar-refractivity contribution in [3.63, 3.8) is 0 Å². The molecule has 0 saturated heterocycles. The number of aliphatic hydroxyl groups excluding tert-OH is 1. The molecule has 0 bridgehead atoms. The summed E-state index contributed by atoms with van der Waals surface area (Å²) in [7, 11) is -3.81. The zero-order valence-electron chi connectivity index (χ0n) is 10.6. The zero-order chi connectivity index (χ0) is 14.6. The van der Waals surface area contributed by atoms with Gasteiger partial charge in [0.15, 0.2) is 0 Å². The average Bonchev–Trinajstić information content (AvgIpc) is 2.27. The van der Waals surface area contributed by atoms with Gasteiger partial charge in [-0.2, -0.15) is 5.26 Å². The first kappa shape index (κ1) is 15.9. The lowest BCUT2D eigenvalue weighted by Gasteiger charge is -2.16. The topological polar surface area (TPSA) is 90.2 Å². The third-order valence-corrected chi connectivity index (χ3v) is 4.47. The van der Waals surface area contributed by atoms with Crippen molar-refractivity contribution < 1.29 is 13.5 Å². The van der Waals surface area contributed by atoms with Crippen molar-refractivity contribution in [1.29, 1.82) is 5.26 Å². The third kappa shape index (κ3) is 4.48. The minimum Gasteiger partial charge on any atom is -0.393 e. The molecule has 5 nitrogen and oxygen atoms in total. The van der Waals surface area contributed by atoms with Gasteiger partial charge in [0.25, 0.3) is 0 Å². The molecule has 19 heavy (non-hydrogen) atoms. The van der Waals surface area contributed by atoms with Crippen LogP contribution in [0.15, 0.2) is 23.1 Å². The summed E-state index contributed by atoms with van der Waals surface area (Å²) in [4.78, 5) is -0.134. The summed E-state index contributed by atoms with van der Waals surface area (Å²) in [6, 6.07) is 5.46. The van der Waals surface area contributed by atoms with Crippen molar-refractivity contribution in [1.82, 2.24) is 4.72 Å². The first-order valence-corrected chi connectivity index (χ1v) is 7.52. The van der Waals surface area contributed by atoms with E-state index >= 15 is 0 Å². The number of nitrogens with zero attached hydrogens (tertiary/aromatic N) is 1. The fourth-order valence-corrected chi connectivity index (χ4v) is 3.45. The van der Waals surface area contributed by atoms with E-state index in [-0.39, 0.29) is 21.9 Å². The molecule has 104 valence electrons. The van der Waals surface area contributed by atoms with Crippen LogP contribution in [0.2, 0.25) is 5.02 Å². The van der Waals surface area contributed by atoms with Crippen molar-refractivity contribution in [2.24, 2.45) is 0 Å². The highest BCUT2D eigenvalue weighted by Crippen LogP contribution is 2.22. The van der Waals surface area contributed by atoms with Gasteiger partial charge < -0.3 is 5.11 Å². The quantitative estimate of drug-likeness (QED) is 0.865. The molecule has 0 radical (unpaired) electrons. The molecule has 0 aliphatic heterocycles. The summed E-state index contributed by atoms with van der Waals surface area (Å²) >= 11 is 5.85. The Morgan fingerprint density at radius 3 is 2.63 bits per heavy atom. The maximum Gasteiger partial charge on any atom is 0.242 e. The monoisotopic (exact) mass is 302 g/mol. The Labute approximate surface area is 117 Å². The lowest BCUT2D eigenvalue weighted by molar-refractivity contribution is 0.175. The number of rotatable bonds is 5. The molecule has 0 saturated carbocycles. The van der Waals surface area contributed by atoms with Gasteiger partial charge in [0, 0.05) is 6.04 Å². The Balaban J connectivity index is 3.04. The molecule has 1 aromatic rings. The van der Waals surface area contributed by atoms with Gasteiger partial charge >= 0.3 is 0 Å².